The van der Waals surface area contributed by atoms with E-state index >= 15 is 0 Å². The largest absolute Gasteiger partial charge is 0.497 e. The number of methoxy groups -OCH3 is 1. The summed E-state index contributed by atoms with van der Waals surface area (Å²) in [6.45, 7) is 0. The maximum atomic E-state index is 13.0. The van der Waals surface area contributed by atoms with E-state index in [0.717, 1.165) is 27.7 Å². The lowest BCUT2D eigenvalue weighted by Gasteiger charge is -2.04. The quantitative estimate of drug-likeness (QED) is 0.520. The first-order valence-corrected chi connectivity index (χ1v) is 8.97. The van der Waals surface area contributed by atoms with Crippen molar-refractivity contribution >= 4 is 28.9 Å². The van der Waals surface area contributed by atoms with E-state index in [2.05, 4.69) is 14.7 Å². The molecule has 0 atom stereocenters. The average Bonchev–Trinajstić information content (AvgIpc) is 3.05. The van der Waals surface area contributed by atoms with Crippen molar-refractivity contribution in [2.45, 2.75) is 4.90 Å². The zero-order valence-electron chi connectivity index (χ0n) is 14.7. The van der Waals surface area contributed by atoms with E-state index in [1.54, 1.807) is 19.2 Å². The molecule has 2 aromatic carbocycles. The van der Waals surface area contributed by atoms with Crippen molar-refractivity contribution in [2.75, 3.05) is 11.8 Å². The Hall–Kier alpha value is -3.13. The molecule has 0 aliphatic heterocycles. The maximum absolute atomic E-state index is 13.0. The fraction of sp³-hybridized carbons (Fsp3) is 0.105. The van der Waals surface area contributed by atoms with Gasteiger partial charge in [-0.3, -0.25) is 0 Å². The third kappa shape index (κ3) is 3.43. The van der Waals surface area contributed by atoms with Gasteiger partial charge in [0.1, 0.15) is 23.7 Å². The highest BCUT2D eigenvalue weighted by Crippen LogP contribution is 2.29. The van der Waals surface area contributed by atoms with Gasteiger partial charge < -0.3 is 14.0 Å². The third-order valence-corrected chi connectivity index (χ3v) is 4.89. The van der Waals surface area contributed by atoms with Crippen LogP contribution in [-0.4, -0.2) is 26.6 Å². The van der Waals surface area contributed by atoms with Gasteiger partial charge in [0.15, 0.2) is 17.0 Å². The lowest BCUT2D eigenvalue weighted by molar-refractivity contribution is 0.415. The molecule has 2 heterocycles. The number of aryl methyl sites for hydroxylation is 1. The van der Waals surface area contributed by atoms with E-state index in [1.165, 1.54) is 30.4 Å². The summed E-state index contributed by atoms with van der Waals surface area (Å²) in [5, 5.41) is 0. The Morgan fingerprint density at radius 1 is 1.04 bits per heavy atom. The number of nitrogens with zero attached hydrogens (tertiary/aromatic N) is 4. The van der Waals surface area contributed by atoms with Crippen molar-refractivity contribution in [1.29, 1.82) is 0 Å². The first-order valence-electron chi connectivity index (χ1n) is 8.16. The van der Waals surface area contributed by atoms with Crippen LogP contribution in [-0.2, 0) is 7.05 Å². The summed E-state index contributed by atoms with van der Waals surface area (Å²) in [4.78, 5) is 14.3. The van der Waals surface area contributed by atoms with Gasteiger partial charge in [0, 0.05) is 17.5 Å². The number of benzene rings is 2. The molecule has 0 fully saturated rings. The number of imidazole rings is 1. The number of anilines is 1. The van der Waals surface area contributed by atoms with E-state index in [1.807, 2.05) is 35.9 Å². The lowest BCUT2D eigenvalue weighted by Crippen LogP contribution is -1.96. The normalized spacial score (nSPS) is 10.9. The van der Waals surface area contributed by atoms with Crippen LogP contribution in [0.3, 0.4) is 0 Å². The van der Waals surface area contributed by atoms with E-state index in [-0.39, 0.29) is 5.82 Å². The van der Waals surface area contributed by atoms with Crippen molar-refractivity contribution in [3.05, 3.63) is 60.7 Å². The van der Waals surface area contributed by atoms with Crippen LogP contribution in [0.25, 0.3) is 22.6 Å². The minimum atomic E-state index is -0.266. The van der Waals surface area contributed by atoms with Crippen molar-refractivity contribution in [1.82, 2.24) is 19.5 Å². The molecule has 6 nitrogen and oxygen atoms in total. The van der Waals surface area contributed by atoms with Gasteiger partial charge >= 0.3 is 0 Å². The summed E-state index contributed by atoms with van der Waals surface area (Å²) in [5.41, 5.74) is 2.34. The molecule has 27 heavy (non-hydrogen) atoms. The number of halogens is 1. The van der Waals surface area contributed by atoms with Crippen LogP contribution in [0.1, 0.15) is 0 Å². The highest BCUT2D eigenvalue weighted by Gasteiger charge is 2.15. The SMILES string of the molecule is COc1ccc(-c2nc3c(NSc4ccc(F)cc4)ncnc3n2C)cc1. The van der Waals surface area contributed by atoms with Gasteiger partial charge in [-0.15, -0.1) is 0 Å². The molecule has 4 rings (SSSR count). The first-order chi connectivity index (χ1) is 13.2. The van der Waals surface area contributed by atoms with Gasteiger partial charge in [-0.2, -0.15) is 0 Å². The zero-order chi connectivity index (χ0) is 18.8. The summed E-state index contributed by atoms with van der Waals surface area (Å²) in [5.74, 6) is 1.90. The van der Waals surface area contributed by atoms with Gasteiger partial charge in [-0.1, -0.05) is 0 Å². The van der Waals surface area contributed by atoms with Crippen LogP contribution in [0.5, 0.6) is 5.75 Å². The number of fused-ring (bicyclic) bond motifs is 1. The fourth-order valence-corrected chi connectivity index (χ4v) is 3.32. The predicted octanol–water partition coefficient (Wildman–Crippen LogP) is 4.30. The number of ether oxygens (including phenoxy) is 1. The van der Waals surface area contributed by atoms with Gasteiger partial charge in [0.05, 0.1) is 7.11 Å². The molecule has 0 saturated heterocycles. The second-order valence-electron chi connectivity index (χ2n) is 5.78. The van der Waals surface area contributed by atoms with Crippen molar-refractivity contribution in [3.63, 3.8) is 0 Å². The molecule has 0 aliphatic carbocycles. The maximum Gasteiger partial charge on any atom is 0.167 e. The Bertz CT molecular complexity index is 1080. The molecule has 0 saturated carbocycles. The Morgan fingerprint density at radius 3 is 2.48 bits per heavy atom. The van der Waals surface area contributed by atoms with E-state index in [9.17, 15) is 4.39 Å². The smallest absolute Gasteiger partial charge is 0.167 e. The highest BCUT2D eigenvalue weighted by atomic mass is 32.2. The van der Waals surface area contributed by atoms with Crippen molar-refractivity contribution in [3.8, 4) is 17.1 Å². The Morgan fingerprint density at radius 2 is 1.78 bits per heavy atom. The first kappa shape index (κ1) is 17.3. The summed E-state index contributed by atoms with van der Waals surface area (Å²) in [6, 6.07) is 13.9. The average molecular weight is 381 g/mol. The summed E-state index contributed by atoms with van der Waals surface area (Å²) in [7, 11) is 3.55. The molecular weight excluding hydrogens is 365 g/mol. The molecule has 2 aromatic heterocycles. The second-order valence-corrected chi connectivity index (χ2v) is 6.66. The van der Waals surface area contributed by atoms with Crippen molar-refractivity contribution < 1.29 is 9.13 Å². The summed E-state index contributed by atoms with van der Waals surface area (Å²) < 4.78 is 23.4. The Kier molecular flexibility index (Phi) is 4.64. The summed E-state index contributed by atoms with van der Waals surface area (Å²) >= 11 is 1.34. The molecule has 8 heteroatoms. The number of hydrogen-bond acceptors (Lipinski definition) is 6. The molecule has 0 unspecified atom stereocenters. The minimum absolute atomic E-state index is 0.266. The Balaban J connectivity index is 1.67. The molecule has 0 aliphatic rings. The van der Waals surface area contributed by atoms with Crippen LogP contribution >= 0.6 is 11.9 Å². The minimum Gasteiger partial charge on any atom is -0.497 e. The molecule has 0 amide bonds. The van der Waals surface area contributed by atoms with E-state index in [4.69, 9.17) is 9.72 Å². The molecule has 0 radical (unpaired) electrons. The fourth-order valence-electron chi connectivity index (χ4n) is 2.68. The summed E-state index contributed by atoms with van der Waals surface area (Å²) in [6.07, 6.45) is 1.50. The monoisotopic (exact) mass is 381 g/mol. The van der Waals surface area contributed by atoms with Crippen LogP contribution < -0.4 is 9.46 Å². The zero-order valence-corrected chi connectivity index (χ0v) is 15.5. The standard InChI is InChI=1S/C19H16FN5OS/c1-25-18(12-3-7-14(26-2)8-4-12)23-16-17(21-11-22-19(16)25)24-27-15-9-5-13(20)6-10-15/h3-11H,1-2H3,(H,21,22,24). The molecule has 0 spiro atoms. The Labute approximate surface area is 159 Å². The molecule has 1 N–H and O–H groups in total. The van der Waals surface area contributed by atoms with Crippen LogP contribution in [0, 0.1) is 5.82 Å². The number of aromatic nitrogens is 4. The number of nitrogens with one attached hydrogen (secondary N) is 1. The molecule has 4 aromatic rings. The molecular formula is C19H16FN5OS. The topological polar surface area (TPSA) is 64.9 Å². The van der Waals surface area contributed by atoms with E-state index < -0.39 is 0 Å². The molecule has 136 valence electrons. The van der Waals surface area contributed by atoms with Crippen LogP contribution in [0.4, 0.5) is 10.2 Å². The van der Waals surface area contributed by atoms with Gasteiger partial charge in [-0.05, 0) is 60.5 Å². The third-order valence-electron chi connectivity index (χ3n) is 4.08. The van der Waals surface area contributed by atoms with E-state index in [0.29, 0.717) is 11.3 Å². The predicted molar refractivity (Wildman–Crippen MR) is 104 cm³/mol. The second kappa shape index (κ2) is 7.24. The lowest BCUT2D eigenvalue weighted by atomic mass is 10.2. The van der Waals surface area contributed by atoms with Crippen LogP contribution in [0.2, 0.25) is 0 Å². The van der Waals surface area contributed by atoms with Gasteiger partial charge in [-0.25, -0.2) is 19.3 Å². The van der Waals surface area contributed by atoms with Gasteiger partial charge in [0.2, 0.25) is 0 Å². The van der Waals surface area contributed by atoms with Crippen LogP contribution in [0.15, 0.2) is 59.8 Å². The molecule has 0 bridgehead atoms. The number of rotatable bonds is 5. The highest BCUT2D eigenvalue weighted by molar-refractivity contribution is 8.00. The number of hydrogen-bond donors (Lipinski definition) is 1. The van der Waals surface area contributed by atoms with Crippen molar-refractivity contribution in [2.24, 2.45) is 7.05 Å². The van der Waals surface area contributed by atoms with Gasteiger partial charge in [0.25, 0.3) is 0 Å².